The van der Waals surface area contributed by atoms with Crippen LogP contribution in [0.3, 0.4) is 0 Å². The van der Waals surface area contributed by atoms with Crippen molar-refractivity contribution < 1.29 is 19.6 Å². The van der Waals surface area contributed by atoms with Crippen molar-refractivity contribution in [3.05, 3.63) is 22.2 Å². The molecule has 1 aliphatic heterocycles. The molecule has 2 heterocycles. The van der Waals surface area contributed by atoms with Gasteiger partial charge in [-0.05, 0) is 0 Å². The van der Waals surface area contributed by atoms with Crippen molar-refractivity contribution in [3.63, 3.8) is 0 Å². The summed E-state index contributed by atoms with van der Waals surface area (Å²) >= 11 is 0. The number of hydrogen-bond donors (Lipinski definition) is 2. The van der Waals surface area contributed by atoms with E-state index in [1.807, 2.05) is 0 Å². The van der Waals surface area contributed by atoms with Gasteiger partial charge in [-0.1, -0.05) is 0 Å². The van der Waals surface area contributed by atoms with Crippen molar-refractivity contribution in [2.75, 3.05) is 31.6 Å². The maximum Gasteiger partial charge on any atom is 0.327 e. The van der Waals surface area contributed by atoms with Crippen LogP contribution in [-0.2, 0) is 4.79 Å². The van der Waals surface area contributed by atoms with Gasteiger partial charge in [0.15, 0.2) is 0 Å². The Morgan fingerprint density at radius 3 is 3.00 bits per heavy atom. The van der Waals surface area contributed by atoms with Gasteiger partial charge >= 0.3 is 11.7 Å². The van der Waals surface area contributed by atoms with Crippen LogP contribution in [0.15, 0.2) is 12.1 Å². The molecule has 2 N–H and O–H groups in total. The fraction of sp³-hybridized carbons (Fsp3) is 0.455. The molecule has 1 atom stereocenters. The Balaban J connectivity index is 2.47. The SMILES string of the molecule is COc1ccc([N+](=O)[O-])c(N2CCNCC2C(=O)O)n1. The maximum absolute atomic E-state index is 11.3. The van der Waals surface area contributed by atoms with Crippen molar-refractivity contribution in [2.45, 2.75) is 6.04 Å². The summed E-state index contributed by atoms with van der Waals surface area (Å²) in [5, 5.41) is 23.2. The predicted molar refractivity (Wildman–Crippen MR) is 69.1 cm³/mol. The molecule has 0 spiro atoms. The molecule has 0 aliphatic carbocycles. The Hall–Kier alpha value is -2.42. The molecule has 2 rings (SSSR count). The third kappa shape index (κ3) is 2.62. The topological polar surface area (TPSA) is 118 Å². The molecule has 1 aliphatic rings. The molecule has 0 aromatic carbocycles. The van der Waals surface area contributed by atoms with E-state index in [1.165, 1.54) is 24.1 Å². The zero-order valence-electron chi connectivity index (χ0n) is 10.8. The summed E-state index contributed by atoms with van der Waals surface area (Å²) in [6.45, 7) is 1.04. The lowest BCUT2D eigenvalue weighted by Crippen LogP contribution is -2.55. The first-order chi connectivity index (χ1) is 9.54. The van der Waals surface area contributed by atoms with Crippen LogP contribution >= 0.6 is 0 Å². The quantitative estimate of drug-likeness (QED) is 0.578. The summed E-state index contributed by atoms with van der Waals surface area (Å²) < 4.78 is 4.95. The van der Waals surface area contributed by atoms with Crippen molar-refractivity contribution >= 4 is 17.5 Å². The summed E-state index contributed by atoms with van der Waals surface area (Å²) in [5.41, 5.74) is -0.237. The summed E-state index contributed by atoms with van der Waals surface area (Å²) in [7, 11) is 1.39. The number of nitro groups is 1. The highest BCUT2D eigenvalue weighted by molar-refractivity contribution is 5.80. The van der Waals surface area contributed by atoms with Gasteiger partial charge < -0.3 is 20.1 Å². The van der Waals surface area contributed by atoms with E-state index in [-0.39, 0.29) is 23.9 Å². The van der Waals surface area contributed by atoms with Crippen LogP contribution in [0.2, 0.25) is 0 Å². The smallest absolute Gasteiger partial charge is 0.327 e. The summed E-state index contributed by atoms with van der Waals surface area (Å²) in [6.07, 6.45) is 0. The number of anilines is 1. The third-order valence-corrected chi connectivity index (χ3v) is 3.04. The second-order valence-corrected chi connectivity index (χ2v) is 4.21. The largest absolute Gasteiger partial charge is 0.481 e. The molecule has 1 aromatic rings. The second kappa shape index (κ2) is 5.70. The highest BCUT2D eigenvalue weighted by atomic mass is 16.6. The highest BCUT2D eigenvalue weighted by Crippen LogP contribution is 2.30. The number of aromatic nitrogens is 1. The van der Waals surface area contributed by atoms with E-state index in [1.54, 1.807) is 0 Å². The molecule has 0 amide bonds. The van der Waals surface area contributed by atoms with Gasteiger partial charge in [-0.2, -0.15) is 4.98 Å². The Kier molecular flexibility index (Phi) is 3.99. The first kappa shape index (κ1) is 14.0. The van der Waals surface area contributed by atoms with Gasteiger partial charge in [-0.3, -0.25) is 10.1 Å². The lowest BCUT2D eigenvalue weighted by Gasteiger charge is -2.33. The summed E-state index contributed by atoms with van der Waals surface area (Å²) in [5.74, 6) is -0.840. The number of piperazine rings is 1. The molecule has 1 aromatic heterocycles. The number of carboxylic acids is 1. The van der Waals surface area contributed by atoms with Gasteiger partial charge in [-0.15, -0.1) is 0 Å². The number of nitrogens with one attached hydrogen (secondary N) is 1. The van der Waals surface area contributed by atoms with Crippen molar-refractivity contribution in [1.82, 2.24) is 10.3 Å². The molecular formula is C11H14N4O5. The minimum absolute atomic E-state index is 0.0169. The molecule has 20 heavy (non-hydrogen) atoms. The molecule has 1 fully saturated rings. The first-order valence-electron chi connectivity index (χ1n) is 5.94. The van der Waals surface area contributed by atoms with E-state index in [2.05, 4.69) is 10.3 Å². The molecule has 9 heteroatoms. The Morgan fingerprint density at radius 2 is 2.40 bits per heavy atom. The first-order valence-corrected chi connectivity index (χ1v) is 5.94. The number of nitrogens with zero attached hydrogens (tertiary/aromatic N) is 3. The highest BCUT2D eigenvalue weighted by Gasteiger charge is 2.33. The van der Waals surface area contributed by atoms with Crippen molar-refractivity contribution in [1.29, 1.82) is 0 Å². The number of carbonyl (C=O) groups is 1. The number of rotatable bonds is 4. The number of carboxylic acid groups (broad SMARTS) is 1. The predicted octanol–water partition coefficient (Wildman–Crippen LogP) is -0.139. The fourth-order valence-corrected chi connectivity index (χ4v) is 2.07. The molecule has 108 valence electrons. The lowest BCUT2D eigenvalue weighted by molar-refractivity contribution is -0.384. The van der Waals surface area contributed by atoms with Gasteiger partial charge in [0.05, 0.1) is 12.0 Å². The lowest BCUT2D eigenvalue weighted by atomic mass is 10.2. The van der Waals surface area contributed by atoms with E-state index in [0.29, 0.717) is 13.1 Å². The number of ether oxygens (including phenoxy) is 1. The monoisotopic (exact) mass is 282 g/mol. The molecule has 1 saturated heterocycles. The molecule has 0 bridgehead atoms. The normalized spacial score (nSPS) is 18.6. The standard InChI is InChI=1S/C11H14N4O5/c1-20-9-3-2-7(15(18)19)10(13-9)14-5-4-12-6-8(14)11(16)17/h2-3,8,12H,4-6H2,1H3,(H,16,17). The summed E-state index contributed by atoms with van der Waals surface area (Å²) in [4.78, 5) is 27.2. The number of aliphatic carboxylic acids is 1. The van der Waals surface area contributed by atoms with Crippen molar-refractivity contribution in [3.8, 4) is 5.88 Å². The van der Waals surface area contributed by atoms with Crippen LogP contribution in [0.5, 0.6) is 5.88 Å². The van der Waals surface area contributed by atoms with E-state index in [0.717, 1.165) is 0 Å². The molecule has 1 unspecified atom stereocenters. The van der Waals surface area contributed by atoms with Gasteiger partial charge in [0.1, 0.15) is 6.04 Å². The third-order valence-electron chi connectivity index (χ3n) is 3.04. The van der Waals surface area contributed by atoms with Crippen LogP contribution in [-0.4, -0.2) is 53.8 Å². The zero-order valence-corrected chi connectivity index (χ0v) is 10.8. The van der Waals surface area contributed by atoms with Crippen LogP contribution in [0.25, 0.3) is 0 Å². The number of hydrogen-bond acceptors (Lipinski definition) is 7. The molecule has 0 radical (unpaired) electrons. The average molecular weight is 282 g/mol. The zero-order chi connectivity index (χ0) is 14.7. The maximum atomic E-state index is 11.3. The average Bonchev–Trinajstić information content (AvgIpc) is 2.46. The Labute approximate surface area is 114 Å². The van der Waals surface area contributed by atoms with Crippen LogP contribution < -0.4 is 15.0 Å². The molecular weight excluding hydrogens is 268 g/mol. The molecule has 9 nitrogen and oxygen atoms in total. The van der Waals surface area contributed by atoms with Gasteiger partial charge in [-0.25, -0.2) is 4.79 Å². The van der Waals surface area contributed by atoms with Gasteiger partial charge in [0.2, 0.25) is 11.7 Å². The summed E-state index contributed by atoms with van der Waals surface area (Å²) in [6, 6.07) is 1.74. The molecule has 0 saturated carbocycles. The Morgan fingerprint density at radius 1 is 1.65 bits per heavy atom. The van der Waals surface area contributed by atoms with Crippen molar-refractivity contribution in [2.24, 2.45) is 0 Å². The van der Waals surface area contributed by atoms with E-state index in [9.17, 15) is 20.0 Å². The van der Waals surface area contributed by atoms with Crippen LogP contribution in [0.4, 0.5) is 11.5 Å². The number of pyridine rings is 1. The van der Waals surface area contributed by atoms with Gasteiger partial charge in [0.25, 0.3) is 0 Å². The minimum Gasteiger partial charge on any atom is -0.481 e. The number of methoxy groups -OCH3 is 1. The van der Waals surface area contributed by atoms with E-state index < -0.39 is 16.9 Å². The Bertz CT molecular complexity index is 536. The fourth-order valence-electron chi connectivity index (χ4n) is 2.07. The van der Waals surface area contributed by atoms with E-state index in [4.69, 9.17) is 4.74 Å². The minimum atomic E-state index is -1.06. The van der Waals surface area contributed by atoms with Gasteiger partial charge in [0, 0.05) is 31.8 Å². The van der Waals surface area contributed by atoms with E-state index >= 15 is 0 Å². The van der Waals surface area contributed by atoms with Crippen LogP contribution in [0.1, 0.15) is 0 Å². The van der Waals surface area contributed by atoms with Crippen LogP contribution in [0, 0.1) is 10.1 Å². The second-order valence-electron chi connectivity index (χ2n) is 4.21.